The van der Waals surface area contributed by atoms with Crippen molar-refractivity contribution in [3.63, 3.8) is 0 Å². The van der Waals surface area contributed by atoms with E-state index >= 15 is 0 Å². The fraction of sp³-hybridized carbons (Fsp3) is 0.467. The van der Waals surface area contributed by atoms with Gasteiger partial charge < -0.3 is 15.5 Å². The monoisotopic (exact) mass is 274 g/mol. The highest BCUT2D eigenvalue weighted by molar-refractivity contribution is 5.94. The molecule has 2 rings (SSSR count). The molecule has 1 fully saturated rings. The average Bonchev–Trinajstić information content (AvgIpc) is 2.47. The van der Waals surface area contributed by atoms with Gasteiger partial charge in [-0.25, -0.2) is 4.98 Å². The predicted octanol–water partition coefficient (Wildman–Crippen LogP) is 0.459. The molecule has 1 amide bonds. The predicted molar refractivity (Wildman–Crippen MR) is 73.9 cm³/mol. The molecule has 5 heteroatoms. The molecule has 0 atom stereocenters. The number of pyridine rings is 1. The first-order valence-electron chi connectivity index (χ1n) is 6.74. The molecule has 106 valence electrons. The van der Waals surface area contributed by atoms with Gasteiger partial charge in [0.2, 0.25) is 0 Å². The third kappa shape index (κ3) is 3.80. The highest BCUT2D eigenvalue weighted by atomic mass is 16.3. The first-order valence-corrected chi connectivity index (χ1v) is 6.74. The van der Waals surface area contributed by atoms with E-state index < -0.39 is 0 Å². The number of nitrogens with one attached hydrogen (secondary N) is 1. The van der Waals surface area contributed by atoms with Crippen LogP contribution in [0.5, 0.6) is 0 Å². The molecule has 1 aromatic heterocycles. The Morgan fingerprint density at radius 3 is 2.85 bits per heavy atom. The number of aromatic nitrogens is 1. The first-order chi connectivity index (χ1) is 9.70. The summed E-state index contributed by atoms with van der Waals surface area (Å²) in [5.41, 5.74) is 0.787. The number of aliphatic hydroxyl groups excluding tert-OH is 2. The Balaban J connectivity index is 2.05. The van der Waals surface area contributed by atoms with Gasteiger partial charge in [-0.15, -0.1) is 0 Å². The van der Waals surface area contributed by atoms with Gasteiger partial charge in [0.15, 0.2) is 0 Å². The molecular formula is C15H18N2O3. The topological polar surface area (TPSA) is 82.5 Å². The summed E-state index contributed by atoms with van der Waals surface area (Å²) in [6.45, 7) is -0.254. The van der Waals surface area contributed by atoms with Crippen molar-refractivity contribution in [2.75, 3.05) is 6.61 Å². The van der Waals surface area contributed by atoms with Crippen molar-refractivity contribution >= 4 is 5.91 Å². The molecule has 20 heavy (non-hydrogen) atoms. The van der Waals surface area contributed by atoms with E-state index in [1.165, 1.54) is 0 Å². The molecule has 0 spiro atoms. The van der Waals surface area contributed by atoms with Crippen molar-refractivity contribution in [2.24, 2.45) is 0 Å². The van der Waals surface area contributed by atoms with Gasteiger partial charge >= 0.3 is 0 Å². The molecule has 5 nitrogen and oxygen atoms in total. The Hall–Kier alpha value is -1.90. The van der Waals surface area contributed by atoms with E-state index in [0.29, 0.717) is 18.4 Å². The fourth-order valence-corrected chi connectivity index (χ4v) is 2.30. The molecule has 0 aromatic carbocycles. The van der Waals surface area contributed by atoms with E-state index in [9.17, 15) is 9.90 Å². The highest BCUT2D eigenvalue weighted by Gasteiger charge is 2.22. The quantitative estimate of drug-likeness (QED) is 0.684. The zero-order valence-corrected chi connectivity index (χ0v) is 11.2. The summed E-state index contributed by atoms with van der Waals surface area (Å²) in [5, 5.41) is 21.1. The van der Waals surface area contributed by atoms with E-state index in [1.54, 1.807) is 18.3 Å². The van der Waals surface area contributed by atoms with Crippen LogP contribution in [0, 0.1) is 11.8 Å². The third-order valence-electron chi connectivity index (χ3n) is 3.36. The SMILES string of the molecule is O=C(NC1CCC(O)CC1)c1ncccc1C#CCO. The summed E-state index contributed by atoms with van der Waals surface area (Å²) in [4.78, 5) is 16.3. The van der Waals surface area contributed by atoms with E-state index in [4.69, 9.17) is 5.11 Å². The van der Waals surface area contributed by atoms with Crippen LogP contribution in [0.15, 0.2) is 18.3 Å². The molecular weight excluding hydrogens is 256 g/mol. The lowest BCUT2D eigenvalue weighted by molar-refractivity contribution is 0.0863. The zero-order chi connectivity index (χ0) is 14.4. The Morgan fingerprint density at radius 2 is 2.15 bits per heavy atom. The van der Waals surface area contributed by atoms with Crippen molar-refractivity contribution in [1.29, 1.82) is 0 Å². The Morgan fingerprint density at radius 1 is 1.40 bits per heavy atom. The van der Waals surface area contributed by atoms with Crippen LogP contribution < -0.4 is 5.32 Å². The number of carbonyl (C=O) groups excluding carboxylic acids is 1. The molecule has 1 aromatic rings. The van der Waals surface area contributed by atoms with Crippen LogP contribution in [-0.2, 0) is 0 Å². The minimum Gasteiger partial charge on any atom is -0.393 e. The number of carbonyl (C=O) groups is 1. The lowest BCUT2D eigenvalue weighted by Crippen LogP contribution is -2.39. The molecule has 0 radical (unpaired) electrons. The molecule has 1 saturated carbocycles. The number of amides is 1. The van der Waals surface area contributed by atoms with Gasteiger partial charge in [-0.1, -0.05) is 11.8 Å². The summed E-state index contributed by atoms with van der Waals surface area (Å²) < 4.78 is 0. The minimum absolute atomic E-state index is 0.0755. The fourth-order valence-electron chi connectivity index (χ4n) is 2.30. The van der Waals surface area contributed by atoms with Gasteiger partial charge in [-0.2, -0.15) is 0 Å². The molecule has 1 aliphatic carbocycles. The van der Waals surface area contributed by atoms with E-state index in [1.807, 2.05) is 0 Å². The lowest BCUT2D eigenvalue weighted by atomic mass is 9.93. The third-order valence-corrected chi connectivity index (χ3v) is 3.36. The second-order valence-electron chi connectivity index (χ2n) is 4.84. The molecule has 1 aliphatic rings. The van der Waals surface area contributed by atoms with Crippen LogP contribution in [-0.4, -0.2) is 39.9 Å². The summed E-state index contributed by atoms with van der Waals surface area (Å²) in [5.74, 6) is 4.99. The van der Waals surface area contributed by atoms with Crippen LogP contribution in [0.25, 0.3) is 0 Å². The first kappa shape index (κ1) is 14.5. The summed E-state index contributed by atoms with van der Waals surface area (Å²) >= 11 is 0. The number of hydrogen-bond donors (Lipinski definition) is 3. The average molecular weight is 274 g/mol. The number of aliphatic hydroxyl groups is 2. The molecule has 0 aliphatic heterocycles. The van der Waals surface area contributed by atoms with Crippen molar-refractivity contribution < 1.29 is 15.0 Å². The maximum Gasteiger partial charge on any atom is 0.271 e. The maximum atomic E-state index is 12.2. The van der Waals surface area contributed by atoms with E-state index in [2.05, 4.69) is 22.1 Å². The van der Waals surface area contributed by atoms with Crippen molar-refractivity contribution in [2.45, 2.75) is 37.8 Å². The van der Waals surface area contributed by atoms with Crippen molar-refractivity contribution in [1.82, 2.24) is 10.3 Å². The van der Waals surface area contributed by atoms with Crippen LogP contribution in [0.2, 0.25) is 0 Å². The number of rotatable bonds is 2. The minimum atomic E-state index is -0.255. The van der Waals surface area contributed by atoms with Crippen LogP contribution in [0.1, 0.15) is 41.7 Å². The highest BCUT2D eigenvalue weighted by Crippen LogP contribution is 2.18. The van der Waals surface area contributed by atoms with Crippen LogP contribution >= 0.6 is 0 Å². The summed E-state index contributed by atoms with van der Waals surface area (Å²) in [6, 6.07) is 3.48. The van der Waals surface area contributed by atoms with E-state index in [-0.39, 0.29) is 30.4 Å². The number of nitrogens with zero attached hydrogens (tertiary/aromatic N) is 1. The van der Waals surface area contributed by atoms with Gasteiger partial charge in [0.1, 0.15) is 12.3 Å². The Kier molecular flexibility index (Phi) is 5.10. The van der Waals surface area contributed by atoms with Gasteiger partial charge in [0.25, 0.3) is 5.91 Å². The second-order valence-corrected chi connectivity index (χ2v) is 4.84. The summed E-state index contributed by atoms with van der Waals surface area (Å²) in [6.07, 6.45) is 4.27. The molecule has 3 N–H and O–H groups in total. The largest absolute Gasteiger partial charge is 0.393 e. The van der Waals surface area contributed by atoms with Crippen molar-refractivity contribution in [3.05, 3.63) is 29.6 Å². The molecule has 0 unspecified atom stereocenters. The van der Waals surface area contributed by atoms with Crippen LogP contribution in [0.4, 0.5) is 0 Å². The lowest BCUT2D eigenvalue weighted by Gasteiger charge is -2.26. The van der Waals surface area contributed by atoms with Gasteiger partial charge in [0, 0.05) is 12.2 Å². The van der Waals surface area contributed by atoms with E-state index in [0.717, 1.165) is 12.8 Å². The maximum absolute atomic E-state index is 12.2. The van der Waals surface area contributed by atoms with Gasteiger partial charge in [0.05, 0.1) is 11.7 Å². The molecule has 0 saturated heterocycles. The summed E-state index contributed by atoms with van der Waals surface area (Å²) in [7, 11) is 0. The molecule has 0 bridgehead atoms. The van der Waals surface area contributed by atoms with Gasteiger partial charge in [-0.05, 0) is 37.8 Å². The standard InChI is InChI=1S/C15H18N2O3/c18-10-2-4-11-3-1-9-16-14(11)15(20)17-12-5-7-13(19)8-6-12/h1,3,9,12-13,18-19H,5-8,10H2,(H,17,20). The zero-order valence-electron chi connectivity index (χ0n) is 11.2. The second kappa shape index (κ2) is 7.04. The smallest absolute Gasteiger partial charge is 0.271 e. The molecule has 1 heterocycles. The van der Waals surface area contributed by atoms with Crippen LogP contribution in [0.3, 0.4) is 0 Å². The van der Waals surface area contributed by atoms with Gasteiger partial charge in [-0.3, -0.25) is 4.79 Å². The van der Waals surface area contributed by atoms with Crippen molar-refractivity contribution in [3.8, 4) is 11.8 Å². The Labute approximate surface area is 118 Å². The number of hydrogen-bond acceptors (Lipinski definition) is 4. The normalized spacial score (nSPS) is 21.7. The Bertz CT molecular complexity index is 525.